The minimum atomic E-state index is 0.534. The van der Waals surface area contributed by atoms with Crippen LogP contribution in [0.3, 0.4) is 0 Å². The normalized spacial score (nSPS) is 17.5. The second kappa shape index (κ2) is 9.56. The number of rotatable bonds is 6. The molecule has 4 heteroatoms. The van der Waals surface area contributed by atoms with E-state index in [-0.39, 0.29) is 0 Å². The fourth-order valence-corrected chi connectivity index (χ4v) is 2.86. The number of hydrogen-bond donors (Lipinski definition) is 2. The van der Waals surface area contributed by atoms with Crippen molar-refractivity contribution in [2.75, 3.05) is 26.2 Å². The van der Waals surface area contributed by atoms with E-state index in [1.165, 1.54) is 18.4 Å². The zero-order valence-corrected chi connectivity index (χ0v) is 14.9. The lowest BCUT2D eigenvalue weighted by atomic mass is 10.0. The van der Waals surface area contributed by atoms with Gasteiger partial charge in [0, 0.05) is 38.8 Å². The molecule has 0 aliphatic carbocycles. The first kappa shape index (κ1) is 17.8. The molecule has 128 valence electrons. The summed E-state index contributed by atoms with van der Waals surface area (Å²) in [4.78, 5) is 7.22. The maximum absolute atomic E-state index is 4.67. The van der Waals surface area contributed by atoms with Crippen LogP contribution in [-0.2, 0) is 6.54 Å². The third-order valence-electron chi connectivity index (χ3n) is 4.14. The lowest BCUT2D eigenvalue weighted by Crippen LogP contribution is -2.48. The Kier molecular flexibility index (Phi) is 7.40. The zero-order chi connectivity index (χ0) is 16.5. The van der Waals surface area contributed by atoms with Crippen LogP contribution < -0.4 is 10.6 Å². The summed E-state index contributed by atoms with van der Waals surface area (Å²) < 4.78 is 0. The SMILES string of the molecule is CCNC(=NCC(C)C)NC1CCN(Cc2ccccc2)CC1. The van der Waals surface area contributed by atoms with Gasteiger partial charge in [0.05, 0.1) is 0 Å². The van der Waals surface area contributed by atoms with Crippen molar-refractivity contribution >= 4 is 5.96 Å². The van der Waals surface area contributed by atoms with Crippen molar-refractivity contribution in [3.8, 4) is 0 Å². The summed E-state index contributed by atoms with van der Waals surface area (Å²) in [6.45, 7) is 11.7. The van der Waals surface area contributed by atoms with Crippen LogP contribution in [-0.4, -0.2) is 43.1 Å². The molecular weight excluding hydrogens is 284 g/mol. The second-order valence-corrected chi connectivity index (χ2v) is 6.79. The molecule has 0 amide bonds. The van der Waals surface area contributed by atoms with E-state index < -0.39 is 0 Å². The molecule has 0 atom stereocenters. The van der Waals surface area contributed by atoms with Gasteiger partial charge in [-0.25, -0.2) is 0 Å². The summed E-state index contributed by atoms with van der Waals surface area (Å²) in [5.74, 6) is 1.57. The van der Waals surface area contributed by atoms with Gasteiger partial charge in [0.1, 0.15) is 0 Å². The van der Waals surface area contributed by atoms with Crippen molar-refractivity contribution in [2.24, 2.45) is 10.9 Å². The number of nitrogens with one attached hydrogen (secondary N) is 2. The molecular formula is C19H32N4. The Morgan fingerprint density at radius 2 is 1.91 bits per heavy atom. The topological polar surface area (TPSA) is 39.7 Å². The van der Waals surface area contributed by atoms with Crippen LogP contribution in [0.25, 0.3) is 0 Å². The van der Waals surface area contributed by atoms with Gasteiger partial charge in [-0.3, -0.25) is 9.89 Å². The number of piperidine rings is 1. The van der Waals surface area contributed by atoms with E-state index in [0.717, 1.165) is 38.7 Å². The molecule has 0 bridgehead atoms. The van der Waals surface area contributed by atoms with Gasteiger partial charge >= 0.3 is 0 Å². The Morgan fingerprint density at radius 1 is 1.22 bits per heavy atom. The molecule has 4 nitrogen and oxygen atoms in total. The van der Waals surface area contributed by atoms with Crippen molar-refractivity contribution in [1.29, 1.82) is 0 Å². The molecule has 23 heavy (non-hydrogen) atoms. The highest BCUT2D eigenvalue weighted by atomic mass is 15.2. The standard InChI is InChI=1S/C19H32N4/c1-4-20-19(21-14-16(2)3)22-18-10-12-23(13-11-18)15-17-8-6-5-7-9-17/h5-9,16,18H,4,10-15H2,1-3H3,(H2,20,21,22). The van der Waals surface area contributed by atoms with Crippen molar-refractivity contribution < 1.29 is 0 Å². The minimum absolute atomic E-state index is 0.534. The van der Waals surface area contributed by atoms with Gasteiger partial charge in [-0.05, 0) is 31.2 Å². The third kappa shape index (κ3) is 6.61. The van der Waals surface area contributed by atoms with E-state index in [1.54, 1.807) is 0 Å². The fourth-order valence-electron chi connectivity index (χ4n) is 2.86. The molecule has 2 N–H and O–H groups in total. The fraction of sp³-hybridized carbons (Fsp3) is 0.632. The quantitative estimate of drug-likeness (QED) is 0.626. The monoisotopic (exact) mass is 316 g/mol. The Bertz CT molecular complexity index is 462. The first-order valence-corrected chi connectivity index (χ1v) is 8.98. The first-order valence-electron chi connectivity index (χ1n) is 8.98. The molecule has 2 rings (SSSR count). The molecule has 1 aromatic carbocycles. The van der Waals surface area contributed by atoms with Gasteiger partial charge in [-0.1, -0.05) is 44.2 Å². The van der Waals surface area contributed by atoms with Crippen LogP contribution >= 0.6 is 0 Å². The van der Waals surface area contributed by atoms with Gasteiger partial charge in [0.2, 0.25) is 0 Å². The molecule has 0 saturated carbocycles. The van der Waals surface area contributed by atoms with Gasteiger partial charge < -0.3 is 10.6 Å². The third-order valence-corrected chi connectivity index (χ3v) is 4.14. The lowest BCUT2D eigenvalue weighted by Gasteiger charge is -2.33. The predicted molar refractivity (Wildman–Crippen MR) is 98.7 cm³/mol. The molecule has 1 aliphatic heterocycles. The van der Waals surface area contributed by atoms with Crippen molar-refractivity contribution in [3.05, 3.63) is 35.9 Å². The molecule has 0 spiro atoms. The van der Waals surface area contributed by atoms with E-state index >= 15 is 0 Å². The van der Waals surface area contributed by atoms with Crippen LogP contribution in [0, 0.1) is 5.92 Å². The van der Waals surface area contributed by atoms with Gasteiger partial charge in [-0.15, -0.1) is 0 Å². The summed E-state index contributed by atoms with van der Waals surface area (Å²) in [6.07, 6.45) is 2.36. The van der Waals surface area contributed by atoms with Gasteiger partial charge in [-0.2, -0.15) is 0 Å². The highest BCUT2D eigenvalue weighted by Gasteiger charge is 2.19. The molecule has 1 aromatic rings. The Morgan fingerprint density at radius 3 is 2.52 bits per heavy atom. The van der Waals surface area contributed by atoms with Crippen molar-refractivity contribution in [2.45, 2.75) is 46.2 Å². The van der Waals surface area contributed by atoms with Crippen molar-refractivity contribution in [1.82, 2.24) is 15.5 Å². The molecule has 0 unspecified atom stereocenters. The second-order valence-electron chi connectivity index (χ2n) is 6.79. The van der Waals surface area contributed by atoms with Crippen LogP contribution in [0.1, 0.15) is 39.2 Å². The Hall–Kier alpha value is -1.55. The van der Waals surface area contributed by atoms with E-state index in [1.807, 2.05) is 0 Å². The Balaban J connectivity index is 1.77. The number of benzene rings is 1. The van der Waals surface area contributed by atoms with E-state index in [0.29, 0.717) is 12.0 Å². The zero-order valence-electron chi connectivity index (χ0n) is 14.9. The number of likely N-dealkylation sites (tertiary alicyclic amines) is 1. The molecule has 1 heterocycles. The highest BCUT2D eigenvalue weighted by Crippen LogP contribution is 2.13. The number of aliphatic imine (C=N–C) groups is 1. The largest absolute Gasteiger partial charge is 0.357 e. The first-order chi connectivity index (χ1) is 11.2. The smallest absolute Gasteiger partial charge is 0.191 e. The van der Waals surface area contributed by atoms with Crippen LogP contribution in [0.5, 0.6) is 0 Å². The van der Waals surface area contributed by atoms with E-state index in [2.05, 4.69) is 71.6 Å². The van der Waals surface area contributed by atoms with E-state index in [4.69, 9.17) is 0 Å². The number of nitrogens with zero attached hydrogens (tertiary/aromatic N) is 2. The predicted octanol–water partition coefficient (Wildman–Crippen LogP) is 2.86. The lowest BCUT2D eigenvalue weighted by molar-refractivity contribution is 0.198. The Labute approximate surface area is 141 Å². The molecule has 1 saturated heterocycles. The van der Waals surface area contributed by atoms with Crippen LogP contribution in [0.15, 0.2) is 35.3 Å². The van der Waals surface area contributed by atoms with E-state index in [9.17, 15) is 0 Å². The summed E-state index contributed by atoms with van der Waals surface area (Å²) in [7, 11) is 0. The van der Waals surface area contributed by atoms with Crippen LogP contribution in [0.4, 0.5) is 0 Å². The van der Waals surface area contributed by atoms with Crippen LogP contribution in [0.2, 0.25) is 0 Å². The summed E-state index contributed by atoms with van der Waals surface area (Å²) in [5.41, 5.74) is 1.41. The highest BCUT2D eigenvalue weighted by molar-refractivity contribution is 5.80. The summed E-state index contributed by atoms with van der Waals surface area (Å²) in [5, 5.41) is 6.97. The minimum Gasteiger partial charge on any atom is -0.357 e. The maximum atomic E-state index is 4.67. The van der Waals surface area contributed by atoms with Gasteiger partial charge in [0.15, 0.2) is 5.96 Å². The summed E-state index contributed by atoms with van der Waals surface area (Å²) in [6, 6.07) is 11.3. The number of guanidine groups is 1. The molecule has 1 fully saturated rings. The molecule has 0 radical (unpaired) electrons. The van der Waals surface area contributed by atoms with Gasteiger partial charge in [0.25, 0.3) is 0 Å². The average Bonchev–Trinajstić information content (AvgIpc) is 2.55. The summed E-state index contributed by atoms with van der Waals surface area (Å²) >= 11 is 0. The maximum Gasteiger partial charge on any atom is 0.191 e. The molecule has 1 aliphatic rings. The number of hydrogen-bond acceptors (Lipinski definition) is 2. The average molecular weight is 316 g/mol. The molecule has 0 aromatic heterocycles. The van der Waals surface area contributed by atoms with Crippen molar-refractivity contribution in [3.63, 3.8) is 0 Å².